The maximum absolute atomic E-state index is 11.6. The summed E-state index contributed by atoms with van der Waals surface area (Å²) < 4.78 is 4.89. The Kier molecular flexibility index (Phi) is 2.51. The highest BCUT2D eigenvalue weighted by Gasteiger charge is 2.39. The van der Waals surface area contributed by atoms with E-state index in [1.165, 1.54) is 0 Å². The molecule has 0 spiro atoms. The number of rotatable bonds is 3. The van der Waals surface area contributed by atoms with Crippen LogP contribution in [0.1, 0.15) is 12.8 Å². The molecule has 74 valence electrons. The van der Waals surface area contributed by atoms with Crippen LogP contribution >= 0.6 is 0 Å². The highest BCUT2D eigenvalue weighted by Crippen LogP contribution is 2.23. The van der Waals surface area contributed by atoms with Gasteiger partial charge >= 0.3 is 0 Å². The van der Waals surface area contributed by atoms with E-state index in [1.807, 2.05) is 4.90 Å². The summed E-state index contributed by atoms with van der Waals surface area (Å²) in [6.45, 7) is 2.41. The Morgan fingerprint density at radius 1 is 1.69 bits per heavy atom. The van der Waals surface area contributed by atoms with Gasteiger partial charge in [0.15, 0.2) is 0 Å². The number of carbonyl (C=O) groups is 1. The lowest BCUT2D eigenvalue weighted by atomic mass is 10.2. The van der Waals surface area contributed by atoms with Gasteiger partial charge in [0.25, 0.3) is 0 Å². The molecule has 0 aromatic heterocycles. The van der Waals surface area contributed by atoms with Crippen LogP contribution in [0, 0.1) is 0 Å². The van der Waals surface area contributed by atoms with Crippen LogP contribution in [0.25, 0.3) is 0 Å². The smallest absolute Gasteiger partial charge is 0.225 e. The van der Waals surface area contributed by atoms with Gasteiger partial charge in [0, 0.05) is 32.3 Å². The molecule has 0 saturated carbocycles. The number of nitrogens with zero attached hydrogens (tertiary/aromatic N) is 1. The van der Waals surface area contributed by atoms with Crippen molar-refractivity contribution in [3.8, 4) is 0 Å². The zero-order valence-electron chi connectivity index (χ0n) is 7.95. The van der Waals surface area contributed by atoms with Crippen molar-refractivity contribution >= 4 is 5.91 Å². The van der Waals surface area contributed by atoms with E-state index in [2.05, 4.69) is 5.32 Å². The van der Waals surface area contributed by atoms with Gasteiger partial charge in [0.2, 0.25) is 5.91 Å². The Bertz CT molecular complexity index is 208. The van der Waals surface area contributed by atoms with Crippen molar-refractivity contribution in [2.24, 2.45) is 0 Å². The predicted octanol–water partition coefficient (Wildman–Crippen LogP) is -0.404. The average Bonchev–Trinajstić information content (AvgIpc) is 2.74. The first-order valence-electron chi connectivity index (χ1n) is 4.83. The molecular weight excluding hydrogens is 168 g/mol. The van der Waals surface area contributed by atoms with Crippen LogP contribution < -0.4 is 5.32 Å². The number of hydrogen-bond acceptors (Lipinski definition) is 3. The van der Waals surface area contributed by atoms with E-state index in [0.717, 1.165) is 19.5 Å². The highest BCUT2D eigenvalue weighted by atomic mass is 16.5. The fourth-order valence-electron chi connectivity index (χ4n) is 2.20. The zero-order valence-corrected chi connectivity index (χ0v) is 7.95. The fraction of sp³-hybridized carbons (Fsp3) is 0.889. The van der Waals surface area contributed by atoms with Crippen molar-refractivity contribution in [2.75, 3.05) is 26.8 Å². The van der Waals surface area contributed by atoms with E-state index in [0.29, 0.717) is 25.1 Å². The standard InChI is InChI=1S/C9H16N2O2/c1-13-3-2-9(12)11-6-7-4-8(11)5-10-7/h7-8,10H,2-6H2,1H3. The van der Waals surface area contributed by atoms with Gasteiger partial charge in [-0.25, -0.2) is 0 Å². The van der Waals surface area contributed by atoms with Crippen molar-refractivity contribution in [1.29, 1.82) is 0 Å². The summed E-state index contributed by atoms with van der Waals surface area (Å²) in [7, 11) is 1.63. The second kappa shape index (κ2) is 3.64. The Balaban J connectivity index is 1.84. The minimum Gasteiger partial charge on any atom is -0.384 e. The largest absolute Gasteiger partial charge is 0.384 e. The molecular formula is C9H16N2O2. The summed E-state index contributed by atoms with van der Waals surface area (Å²) in [4.78, 5) is 13.6. The van der Waals surface area contributed by atoms with E-state index >= 15 is 0 Å². The van der Waals surface area contributed by atoms with Gasteiger partial charge in [-0.3, -0.25) is 4.79 Å². The normalized spacial score (nSPS) is 31.3. The molecule has 2 bridgehead atoms. The first-order chi connectivity index (χ1) is 6.31. The number of fused-ring (bicyclic) bond motifs is 2. The third-order valence-corrected chi connectivity index (χ3v) is 2.90. The maximum atomic E-state index is 11.6. The summed E-state index contributed by atoms with van der Waals surface area (Å²) in [5.74, 6) is 0.246. The molecule has 13 heavy (non-hydrogen) atoms. The quantitative estimate of drug-likeness (QED) is 0.648. The molecule has 2 fully saturated rings. The van der Waals surface area contributed by atoms with Gasteiger partial charge in [-0.1, -0.05) is 0 Å². The lowest BCUT2D eigenvalue weighted by Crippen LogP contribution is -2.46. The zero-order chi connectivity index (χ0) is 9.26. The van der Waals surface area contributed by atoms with Crippen molar-refractivity contribution in [3.05, 3.63) is 0 Å². The summed E-state index contributed by atoms with van der Waals surface area (Å²) >= 11 is 0. The molecule has 2 rings (SSSR count). The van der Waals surface area contributed by atoms with E-state index in [1.54, 1.807) is 7.11 Å². The van der Waals surface area contributed by atoms with Gasteiger partial charge in [-0.2, -0.15) is 0 Å². The van der Waals surface area contributed by atoms with Gasteiger partial charge in [-0.05, 0) is 6.42 Å². The molecule has 1 amide bonds. The van der Waals surface area contributed by atoms with Crippen LogP contribution in [0.3, 0.4) is 0 Å². The van der Waals surface area contributed by atoms with Crippen LogP contribution in [0.4, 0.5) is 0 Å². The Labute approximate surface area is 78.2 Å². The minimum absolute atomic E-state index is 0.246. The van der Waals surface area contributed by atoms with Crippen LogP contribution in [-0.2, 0) is 9.53 Å². The second-order valence-electron chi connectivity index (χ2n) is 3.78. The fourth-order valence-corrected chi connectivity index (χ4v) is 2.20. The number of ether oxygens (including phenoxy) is 1. The molecule has 2 aliphatic heterocycles. The Hall–Kier alpha value is -0.610. The van der Waals surface area contributed by atoms with E-state index in [4.69, 9.17) is 4.74 Å². The molecule has 0 radical (unpaired) electrons. The van der Waals surface area contributed by atoms with Crippen molar-refractivity contribution in [1.82, 2.24) is 10.2 Å². The first-order valence-corrected chi connectivity index (χ1v) is 4.83. The lowest BCUT2D eigenvalue weighted by Gasteiger charge is -2.27. The number of methoxy groups -OCH3 is 1. The topological polar surface area (TPSA) is 41.6 Å². The number of hydrogen-bond donors (Lipinski definition) is 1. The van der Waals surface area contributed by atoms with Crippen LogP contribution in [0.2, 0.25) is 0 Å². The summed E-state index contributed by atoms with van der Waals surface area (Å²) in [6, 6.07) is 1.01. The second-order valence-corrected chi connectivity index (χ2v) is 3.78. The van der Waals surface area contributed by atoms with Crippen molar-refractivity contribution < 1.29 is 9.53 Å². The number of amides is 1. The van der Waals surface area contributed by atoms with Crippen molar-refractivity contribution in [2.45, 2.75) is 24.9 Å². The summed E-state index contributed by atoms with van der Waals surface area (Å²) in [5, 5.41) is 3.37. The van der Waals surface area contributed by atoms with E-state index in [-0.39, 0.29) is 5.91 Å². The number of nitrogens with one attached hydrogen (secondary N) is 1. The first kappa shape index (κ1) is 8.97. The van der Waals surface area contributed by atoms with E-state index in [9.17, 15) is 4.79 Å². The molecule has 4 heteroatoms. The van der Waals surface area contributed by atoms with E-state index < -0.39 is 0 Å². The van der Waals surface area contributed by atoms with Gasteiger partial charge in [0.05, 0.1) is 13.0 Å². The SMILES string of the molecule is COCCC(=O)N1CC2CC1CN2. The number of carbonyl (C=O) groups excluding carboxylic acids is 1. The van der Waals surface area contributed by atoms with Gasteiger partial charge < -0.3 is 15.0 Å². The van der Waals surface area contributed by atoms with Gasteiger partial charge in [0.1, 0.15) is 0 Å². The third kappa shape index (κ3) is 1.69. The van der Waals surface area contributed by atoms with Crippen LogP contribution in [0.5, 0.6) is 0 Å². The molecule has 4 nitrogen and oxygen atoms in total. The molecule has 1 N–H and O–H groups in total. The Morgan fingerprint density at radius 2 is 2.54 bits per heavy atom. The van der Waals surface area contributed by atoms with Gasteiger partial charge in [-0.15, -0.1) is 0 Å². The van der Waals surface area contributed by atoms with Crippen molar-refractivity contribution in [3.63, 3.8) is 0 Å². The monoisotopic (exact) mass is 184 g/mol. The molecule has 2 atom stereocenters. The number of piperazine rings is 1. The lowest BCUT2D eigenvalue weighted by molar-refractivity contribution is -0.133. The number of likely N-dealkylation sites (tertiary alicyclic amines) is 1. The molecule has 0 aromatic rings. The Morgan fingerprint density at radius 3 is 3.08 bits per heavy atom. The summed E-state index contributed by atoms with van der Waals surface area (Å²) in [5.41, 5.74) is 0. The summed E-state index contributed by atoms with van der Waals surface area (Å²) in [6.07, 6.45) is 1.67. The minimum atomic E-state index is 0.246. The predicted molar refractivity (Wildman–Crippen MR) is 48.4 cm³/mol. The molecule has 2 unspecified atom stereocenters. The molecule has 2 saturated heterocycles. The highest BCUT2D eigenvalue weighted by molar-refractivity contribution is 5.77. The third-order valence-electron chi connectivity index (χ3n) is 2.90. The molecule has 0 aromatic carbocycles. The molecule has 2 heterocycles. The van der Waals surface area contributed by atoms with Crippen LogP contribution in [0.15, 0.2) is 0 Å². The maximum Gasteiger partial charge on any atom is 0.225 e. The van der Waals surface area contributed by atoms with Crippen LogP contribution in [-0.4, -0.2) is 49.7 Å². The average molecular weight is 184 g/mol. The molecule has 0 aliphatic carbocycles. The molecule has 2 aliphatic rings.